The number of aromatic hydroxyl groups is 1. The topological polar surface area (TPSA) is 95.9 Å². The Labute approximate surface area is 199 Å². The Balaban J connectivity index is 1.46. The van der Waals surface area contributed by atoms with Gasteiger partial charge in [0, 0.05) is 12.3 Å². The van der Waals surface area contributed by atoms with E-state index in [1.54, 1.807) is 12.1 Å². The van der Waals surface area contributed by atoms with Crippen LogP contribution in [-0.4, -0.2) is 34.9 Å². The van der Waals surface area contributed by atoms with Crippen LogP contribution in [-0.2, 0) is 21.4 Å². The summed E-state index contributed by atoms with van der Waals surface area (Å²) in [4.78, 5) is 24.4. The average molecular weight is 460 g/mol. The van der Waals surface area contributed by atoms with E-state index in [-0.39, 0.29) is 30.1 Å². The molecule has 3 aromatic carbocycles. The number of carboxylic acid groups (broad SMARTS) is 1. The molecule has 0 saturated carbocycles. The van der Waals surface area contributed by atoms with Crippen LogP contribution >= 0.6 is 0 Å². The van der Waals surface area contributed by atoms with E-state index in [9.17, 15) is 19.8 Å². The Hall–Kier alpha value is -3.80. The quantitative estimate of drug-likeness (QED) is 0.469. The number of nitrogens with one attached hydrogen (secondary N) is 1. The third-order valence-corrected chi connectivity index (χ3v) is 6.30. The zero-order valence-electron chi connectivity index (χ0n) is 19.5. The molecule has 0 spiro atoms. The molecule has 4 rings (SSSR count). The van der Waals surface area contributed by atoms with Gasteiger partial charge in [-0.3, -0.25) is 0 Å². The summed E-state index contributed by atoms with van der Waals surface area (Å²) >= 11 is 0. The summed E-state index contributed by atoms with van der Waals surface area (Å²) in [5, 5.41) is 22.4. The van der Waals surface area contributed by atoms with Crippen molar-refractivity contribution >= 4 is 12.1 Å². The van der Waals surface area contributed by atoms with Crippen molar-refractivity contribution in [1.82, 2.24) is 5.32 Å². The first kappa shape index (κ1) is 23.4. The van der Waals surface area contributed by atoms with Gasteiger partial charge >= 0.3 is 12.1 Å². The summed E-state index contributed by atoms with van der Waals surface area (Å²) in [5.74, 6) is -1.32. The number of carboxylic acids is 1. The minimum absolute atomic E-state index is 0.00594. The number of alkyl carbamates (subject to hydrolysis) is 1. The van der Waals surface area contributed by atoms with Crippen LogP contribution in [0.15, 0.2) is 66.7 Å². The second-order valence-electron chi connectivity index (χ2n) is 9.66. The van der Waals surface area contributed by atoms with E-state index in [0.717, 1.165) is 27.8 Å². The van der Waals surface area contributed by atoms with Crippen LogP contribution in [0.5, 0.6) is 5.75 Å². The number of hydrogen-bond acceptors (Lipinski definition) is 4. The molecule has 0 bridgehead atoms. The van der Waals surface area contributed by atoms with Gasteiger partial charge in [0.25, 0.3) is 0 Å². The predicted octanol–water partition coefficient (Wildman–Crippen LogP) is 5.22. The standard InChI is InChI=1S/C28H29NO5/c1-28(2,3)18-12-13-25(30)17(14-18)15-24(26(31)32)29-27(33)34-16-23-21-10-6-4-8-19(21)20-9-5-7-11-22(20)23/h4-14,23-24,30H,15-16H2,1-3H3,(H,29,33)(H,31,32). The zero-order chi connectivity index (χ0) is 24.5. The van der Waals surface area contributed by atoms with E-state index in [2.05, 4.69) is 5.32 Å². The minimum Gasteiger partial charge on any atom is -0.508 e. The fourth-order valence-corrected chi connectivity index (χ4v) is 4.42. The highest BCUT2D eigenvalue weighted by atomic mass is 16.5. The van der Waals surface area contributed by atoms with E-state index in [4.69, 9.17) is 4.74 Å². The van der Waals surface area contributed by atoms with Crippen molar-refractivity contribution in [2.24, 2.45) is 0 Å². The molecule has 6 heteroatoms. The number of amides is 1. The Kier molecular flexibility index (Phi) is 6.33. The highest BCUT2D eigenvalue weighted by Crippen LogP contribution is 2.44. The molecule has 1 amide bonds. The number of rotatable bonds is 6. The average Bonchev–Trinajstić information content (AvgIpc) is 3.11. The summed E-state index contributed by atoms with van der Waals surface area (Å²) in [6.07, 6.45) is -0.865. The molecular formula is C28H29NO5. The van der Waals surface area contributed by atoms with Crippen molar-refractivity contribution in [2.45, 2.75) is 44.6 Å². The monoisotopic (exact) mass is 459 g/mol. The van der Waals surface area contributed by atoms with Crippen LogP contribution in [0.2, 0.25) is 0 Å². The highest BCUT2D eigenvalue weighted by molar-refractivity contribution is 5.81. The van der Waals surface area contributed by atoms with Crippen LogP contribution in [0.25, 0.3) is 11.1 Å². The Morgan fingerprint density at radius 2 is 1.56 bits per heavy atom. The van der Waals surface area contributed by atoms with Gasteiger partial charge in [0.15, 0.2) is 0 Å². The van der Waals surface area contributed by atoms with Crippen molar-refractivity contribution in [3.05, 3.63) is 89.0 Å². The molecule has 1 atom stereocenters. The smallest absolute Gasteiger partial charge is 0.407 e. The third kappa shape index (κ3) is 4.76. The van der Waals surface area contributed by atoms with Crippen LogP contribution in [0.3, 0.4) is 0 Å². The van der Waals surface area contributed by atoms with Crippen molar-refractivity contribution in [3.8, 4) is 16.9 Å². The molecule has 3 aromatic rings. The summed E-state index contributed by atoms with van der Waals surface area (Å²) in [6, 6.07) is 19.9. The number of fused-ring (bicyclic) bond motifs is 3. The van der Waals surface area contributed by atoms with E-state index < -0.39 is 18.1 Å². The van der Waals surface area contributed by atoms with Crippen molar-refractivity contribution < 1.29 is 24.5 Å². The zero-order valence-corrected chi connectivity index (χ0v) is 19.5. The van der Waals surface area contributed by atoms with E-state index in [1.165, 1.54) is 0 Å². The lowest BCUT2D eigenvalue weighted by Crippen LogP contribution is -2.43. The number of hydrogen-bond donors (Lipinski definition) is 3. The molecule has 6 nitrogen and oxygen atoms in total. The molecule has 0 radical (unpaired) electrons. The minimum atomic E-state index is -1.24. The molecule has 3 N–H and O–H groups in total. The number of phenols is 1. The van der Waals surface area contributed by atoms with Gasteiger partial charge in [-0.15, -0.1) is 0 Å². The fraction of sp³-hybridized carbons (Fsp3) is 0.286. The highest BCUT2D eigenvalue weighted by Gasteiger charge is 2.30. The summed E-state index contributed by atoms with van der Waals surface area (Å²) < 4.78 is 5.49. The molecule has 0 aliphatic heterocycles. The molecular weight excluding hydrogens is 430 g/mol. The Bertz CT molecular complexity index is 1180. The predicted molar refractivity (Wildman–Crippen MR) is 130 cm³/mol. The number of aliphatic carboxylic acids is 1. The van der Waals surface area contributed by atoms with Gasteiger partial charge in [-0.2, -0.15) is 0 Å². The van der Waals surface area contributed by atoms with Crippen LogP contribution in [0.4, 0.5) is 4.79 Å². The van der Waals surface area contributed by atoms with Gasteiger partial charge in [0.2, 0.25) is 0 Å². The van der Waals surface area contributed by atoms with Crippen LogP contribution < -0.4 is 5.32 Å². The second-order valence-corrected chi connectivity index (χ2v) is 9.66. The summed E-state index contributed by atoms with van der Waals surface area (Å²) in [6.45, 7) is 6.20. The van der Waals surface area contributed by atoms with Gasteiger partial charge in [0.1, 0.15) is 18.4 Å². The summed E-state index contributed by atoms with van der Waals surface area (Å²) in [7, 11) is 0. The van der Waals surface area contributed by atoms with Crippen molar-refractivity contribution in [2.75, 3.05) is 6.61 Å². The van der Waals surface area contributed by atoms with Gasteiger partial charge in [-0.25, -0.2) is 9.59 Å². The molecule has 0 fully saturated rings. The van der Waals surface area contributed by atoms with Crippen LogP contribution in [0, 0.1) is 0 Å². The maximum atomic E-state index is 12.6. The molecule has 0 saturated heterocycles. The van der Waals surface area contributed by atoms with E-state index in [0.29, 0.717) is 5.56 Å². The number of phenolic OH excluding ortho intramolecular Hbond substituents is 1. The molecule has 1 unspecified atom stereocenters. The van der Waals surface area contributed by atoms with Crippen LogP contribution in [0.1, 0.15) is 48.9 Å². The van der Waals surface area contributed by atoms with Gasteiger partial charge in [-0.05, 0) is 44.9 Å². The Morgan fingerprint density at radius 1 is 0.971 bits per heavy atom. The third-order valence-electron chi connectivity index (χ3n) is 6.30. The molecule has 1 aliphatic carbocycles. The largest absolute Gasteiger partial charge is 0.508 e. The lowest BCUT2D eigenvalue weighted by atomic mass is 9.85. The fourth-order valence-electron chi connectivity index (χ4n) is 4.42. The number of carbonyl (C=O) groups excluding carboxylic acids is 1. The van der Waals surface area contributed by atoms with E-state index in [1.807, 2.05) is 75.4 Å². The Morgan fingerprint density at radius 3 is 2.12 bits per heavy atom. The van der Waals surface area contributed by atoms with Gasteiger partial charge < -0.3 is 20.3 Å². The maximum absolute atomic E-state index is 12.6. The summed E-state index contributed by atoms with van der Waals surface area (Å²) in [5.41, 5.74) is 5.64. The lowest BCUT2D eigenvalue weighted by molar-refractivity contribution is -0.139. The first-order chi connectivity index (χ1) is 16.1. The lowest BCUT2D eigenvalue weighted by Gasteiger charge is -2.22. The van der Waals surface area contributed by atoms with Gasteiger partial charge in [0.05, 0.1) is 0 Å². The van der Waals surface area contributed by atoms with Gasteiger partial charge in [-0.1, -0.05) is 81.4 Å². The first-order valence-corrected chi connectivity index (χ1v) is 11.3. The molecule has 0 aromatic heterocycles. The maximum Gasteiger partial charge on any atom is 0.407 e. The number of ether oxygens (including phenoxy) is 1. The first-order valence-electron chi connectivity index (χ1n) is 11.3. The number of carbonyl (C=O) groups is 2. The van der Waals surface area contributed by atoms with Crippen molar-refractivity contribution in [3.63, 3.8) is 0 Å². The SMILES string of the molecule is CC(C)(C)c1ccc(O)c(CC(NC(=O)OCC2c3ccccc3-c3ccccc32)C(=O)O)c1. The molecule has 1 aliphatic rings. The molecule has 176 valence electrons. The molecule has 0 heterocycles. The number of benzene rings is 3. The van der Waals surface area contributed by atoms with E-state index >= 15 is 0 Å². The van der Waals surface area contributed by atoms with Crippen molar-refractivity contribution in [1.29, 1.82) is 0 Å². The normalized spacial score (nSPS) is 13.6. The molecule has 34 heavy (non-hydrogen) atoms. The second kappa shape index (κ2) is 9.21.